The van der Waals surface area contributed by atoms with E-state index in [4.69, 9.17) is 15.2 Å². The van der Waals surface area contributed by atoms with Crippen molar-refractivity contribution in [3.63, 3.8) is 0 Å². The van der Waals surface area contributed by atoms with Crippen LogP contribution in [0.15, 0.2) is 12.3 Å². The van der Waals surface area contributed by atoms with Crippen molar-refractivity contribution in [1.82, 2.24) is 19.9 Å². The fourth-order valence-electron chi connectivity index (χ4n) is 4.15. The number of fused-ring (bicyclic) bond motifs is 2. The van der Waals surface area contributed by atoms with Crippen LogP contribution in [0.4, 0.5) is 26.5 Å². The Morgan fingerprint density at radius 3 is 2.33 bits per heavy atom. The van der Waals surface area contributed by atoms with Gasteiger partial charge in [-0.15, -0.1) is 0 Å². The maximum absolute atomic E-state index is 13.7. The number of alkyl halides is 2. The number of hydrogen-bond donors (Lipinski definition) is 1. The molecule has 9 nitrogen and oxygen atoms in total. The van der Waals surface area contributed by atoms with Crippen molar-refractivity contribution in [3.05, 3.63) is 17.8 Å². The summed E-state index contributed by atoms with van der Waals surface area (Å²) in [6.07, 6.45) is 0.884. The summed E-state index contributed by atoms with van der Waals surface area (Å²) in [6.45, 7) is 3.71. The van der Waals surface area contributed by atoms with E-state index in [2.05, 4.69) is 24.8 Å². The van der Waals surface area contributed by atoms with Gasteiger partial charge in [0, 0.05) is 43.5 Å². The first kappa shape index (κ1) is 19.3. The van der Waals surface area contributed by atoms with Gasteiger partial charge in [0.1, 0.15) is 5.82 Å². The average Bonchev–Trinajstić information content (AvgIpc) is 3.11. The Labute approximate surface area is 172 Å². The predicted octanol–water partition coefficient (Wildman–Crippen LogP) is 1.66. The van der Waals surface area contributed by atoms with Crippen molar-refractivity contribution in [2.24, 2.45) is 0 Å². The number of pyridine rings is 1. The first-order chi connectivity index (χ1) is 14.6. The summed E-state index contributed by atoms with van der Waals surface area (Å²) in [5.74, 6) is 1.12. The second-order valence-corrected chi connectivity index (χ2v) is 7.72. The summed E-state index contributed by atoms with van der Waals surface area (Å²) in [4.78, 5) is 21.8. The van der Waals surface area contributed by atoms with Gasteiger partial charge >= 0.3 is 0 Å². The number of nitrogens with zero attached hydrogens (tertiary/aromatic N) is 6. The van der Waals surface area contributed by atoms with Crippen LogP contribution in [0, 0.1) is 0 Å². The second-order valence-electron chi connectivity index (χ2n) is 7.72. The SMILES string of the molecule is Nc1cc(C(F)F)c(-c2nc(N3CCOCC3)nc(N3CC4CCC(C3)O4)n2)cn1. The van der Waals surface area contributed by atoms with Gasteiger partial charge in [-0.1, -0.05) is 0 Å². The molecule has 0 spiro atoms. The van der Waals surface area contributed by atoms with Crippen molar-refractivity contribution >= 4 is 17.7 Å². The Balaban J connectivity index is 1.58. The van der Waals surface area contributed by atoms with E-state index in [0.717, 1.165) is 12.8 Å². The maximum atomic E-state index is 13.7. The van der Waals surface area contributed by atoms with E-state index >= 15 is 0 Å². The lowest BCUT2D eigenvalue weighted by Crippen LogP contribution is -2.44. The highest BCUT2D eigenvalue weighted by molar-refractivity contribution is 5.64. The number of halogens is 2. The van der Waals surface area contributed by atoms with Gasteiger partial charge in [-0.3, -0.25) is 0 Å². The van der Waals surface area contributed by atoms with E-state index in [1.165, 1.54) is 12.3 Å². The van der Waals surface area contributed by atoms with Crippen LogP contribution in [0.25, 0.3) is 11.4 Å². The van der Waals surface area contributed by atoms with Gasteiger partial charge in [-0.05, 0) is 18.9 Å². The zero-order chi connectivity index (χ0) is 20.7. The molecule has 0 saturated carbocycles. The lowest BCUT2D eigenvalue weighted by molar-refractivity contribution is 0.0299. The van der Waals surface area contributed by atoms with Gasteiger partial charge in [0.05, 0.1) is 25.4 Å². The summed E-state index contributed by atoms with van der Waals surface area (Å²) in [5.41, 5.74) is 5.55. The number of aromatic nitrogens is 4. The number of anilines is 3. The second kappa shape index (κ2) is 7.88. The summed E-state index contributed by atoms with van der Waals surface area (Å²) in [7, 11) is 0. The number of nitrogens with two attached hydrogens (primary N) is 1. The van der Waals surface area contributed by atoms with Crippen LogP contribution in [0.1, 0.15) is 24.8 Å². The summed E-state index contributed by atoms with van der Waals surface area (Å²) >= 11 is 0. The molecule has 5 heterocycles. The van der Waals surface area contributed by atoms with E-state index < -0.39 is 6.43 Å². The van der Waals surface area contributed by atoms with Crippen LogP contribution >= 0.6 is 0 Å². The normalized spacial score (nSPS) is 24.0. The fraction of sp³-hybridized carbons (Fsp3) is 0.579. The Morgan fingerprint density at radius 2 is 1.67 bits per heavy atom. The van der Waals surface area contributed by atoms with Crippen molar-refractivity contribution in [2.45, 2.75) is 31.5 Å². The third-order valence-corrected chi connectivity index (χ3v) is 5.67. The molecule has 2 N–H and O–H groups in total. The van der Waals surface area contributed by atoms with Crippen molar-refractivity contribution in [1.29, 1.82) is 0 Å². The minimum Gasteiger partial charge on any atom is -0.384 e. The third kappa shape index (κ3) is 3.74. The molecule has 5 rings (SSSR count). The smallest absolute Gasteiger partial charge is 0.264 e. The third-order valence-electron chi connectivity index (χ3n) is 5.67. The molecule has 3 fully saturated rings. The highest BCUT2D eigenvalue weighted by atomic mass is 19.3. The molecule has 30 heavy (non-hydrogen) atoms. The van der Waals surface area contributed by atoms with Crippen LogP contribution in [-0.4, -0.2) is 71.5 Å². The van der Waals surface area contributed by atoms with E-state index in [9.17, 15) is 8.78 Å². The molecule has 3 saturated heterocycles. The quantitative estimate of drug-likeness (QED) is 0.792. The Kier molecular flexibility index (Phi) is 5.07. The number of nitrogen functional groups attached to an aromatic ring is 1. The standard InChI is InChI=1S/C19H23F2N7O2/c20-16(21)13-7-15(22)23-8-14(13)17-24-18(27-3-5-29-6-4-27)26-19(25-17)28-9-11-1-2-12(10-28)30-11/h7-8,11-12,16H,1-6,9-10H2,(H2,22,23). The zero-order valence-electron chi connectivity index (χ0n) is 16.4. The summed E-state index contributed by atoms with van der Waals surface area (Å²) < 4.78 is 38.7. The van der Waals surface area contributed by atoms with Crippen LogP contribution < -0.4 is 15.5 Å². The van der Waals surface area contributed by atoms with Gasteiger partial charge in [-0.2, -0.15) is 15.0 Å². The monoisotopic (exact) mass is 419 g/mol. The largest absolute Gasteiger partial charge is 0.384 e. The predicted molar refractivity (Wildman–Crippen MR) is 106 cm³/mol. The number of morpholine rings is 2. The van der Waals surface area contributed by atoms with Gasteiger partial charge in [0.2, 0.25) is 11.9 Å². The molecule has 0 radical (unpaired) electrons. The van der Waals surface area contributed by atoms with E-state index in [1.54, 1.807) is 0 Å². The molecule has 2 unspecified atom stereocenters. The molecule has 2 bridgehead atoms. The summed E-state index contributed by atoms with van der Waals surface area (Å²) in [5, 5.41) is 0. The van der Waals surface area contributed by atoms with Gasteiger partial charge in [0.25, 0.3) is 6.43 Å². The summed E-state index contributed by atoms with van der Waals surface area (Å²) in [6, 6.07) is 1.17. The number of hydrogen-bond acceptors (Lipinski definition) is 9. The zero-order valence-corrected chi connectivity index (χ0v) is 16.4. The Bertz CT molecular complexity index is 914. The first-order valence-corrected chi connectivity index (χ1v) is 10.1. The molecular weight excluding hydrogens is 396 g/mol. The van der Waals surface area contributed by atoms with Gasteiger partial charge in [0.15, 0.2) is 5.82 Å². The molecule has 11 heteroatoms. The average molecular weight is 419 g/mol. The van der Waals surface area contributed by atoms with Crippen LogP contribution in [0.5, 0.6) is 0 Å². The highest BCUT2D eigenvalue weighted by Crippen LogP contribution is 2.33. The van der Waals surface area contributed by atoms with Gasteiger partial charge < -0.3 is 25.0 Å². The van der Waals surface area contributed by atoms with Crippen LogP contribution in [0.2, 0.25) is 0 Å². The fourth-order valence-corrected chi connectivity index (χ4v) is 4.15. The topological polar surface area (TPSA) is 103 Å². The maximum Gasteiger partial charge on any atom is 0.264 e. The molecule has 2 atom stereocenters. The molecule has 0 amide bonds. The molecule has 2 aromatic rings. The Hall–Kier alpha value is -2.66. The van der Waals surface area contributed by atoms with Crippen molar-refractivity contribution in [2.75, 3.05) is 54.9 Å². The molecular formula is C19H23F2N7O2. The Morgan fingerprint density at radius 1 is 1.00 bits per heavy atom. The van der Waals surface area contributed by atoms with Crippen LogP contribution in [-0.2, 0) is 9.47 Å². The van der Waals surface area contributed by atoms with Crippen LogP contribution in [0.3, 0.4) is 0 Å². The van der Waals surface area contributed by atoms with E-state index in [0.29, 0.717) is 51.3 Å². The minimum atomic E-state index is -2.73. The van der Waals surface area contributed by atoms with E-state index in [-0.39, 0.29) is 35.0 Å². The van der Waals surface area contributed by atoms with Gasteiger partial charge in [-0.25, -0.2) is 13.8 Å². The van der Waals surface area contributed by atoms with Crippen molar-refractivity contribution < 1.29 is 18.3 Å². The number of rotatable bonds is 4. The molecule has 3 aliphatic rings. The number of ether oxygens (including phenoxy) is 2. The highest BCUT2D eigenvalue weighted by Gasteiger charge is 2.35. The van der Waals surface area contributed by atoms with Crippen molar-refractivity contribution in [3.8, 4) is 11.4 Å². The molecule has 160 valence electrons. The lowest BCUT2D eigenvalue weighted by atomic mass is 10.1. The minimum absolute atomic E-state index is 0.0292. The molecule has 0 aromatic carbocycles. The molecule has 0 aliphatic carbocycles. The lowest BCUT2D eigenvalue weighted by Gasteiger charge is -2.33. The van der Waals surface area contributed by atoms with E-state index in [1.807, 2.05) is 4.90 Å². The first-order valence-electron chi connectivity index (χ1n) is 10.1. The molecule has 2 aromatic heterocycles. The molecule has 3 aliphatic heterocycles.